The van der Waals surface area contributed by atoms with E-state index in [4.69, 9.17) is 4.74 Å². The fourth-order valence-electron chi connectivity index (χ4n) is 2.61. The number of nitrogens with zero attached hydrogens (tertiary/aromatic N) is 1. The maximum absolute atomic E-state index is 5.20. The van der Waals surface area contributed by atoms with E-state index in [1.165, 1.54) is 24.9 Å². The zero-order chi connectivity index (χ0) is 13.0. The van der Waals surface area contributed by atoms with Crippen molar-refractivity contribution in [2.45, 2.75) is 31.8 Å². The van der Waals surface area contributed by atoms with Gasteiger partial charge in [-0.05, 0) is 51.1 Å². The molecule has 1 aliphatic rings. The molecule has 1 aliphatic heterocycles. The molecule has 1 aromatic rings. The van der Waals surface area contributed by atoms with E-state index in [0.29, 0.717) is 12.1 Å². The zero-order valence-corrected chi connectivity index (χ0v) is 11.6. The molecule has 2 atom stereocenters. The third kappa shape index (κ3) is 3.03. The third-order valence-corrected chi connectivity index (χ3v) is 4.06. The summed E-state index contributed by atoms with van der Waals surface area (Å²) in [6.45, 7) is 4.55. The molecule has 1 saturated heterocycles. The summed E-state index contributed by atoms with van der Waals surface area (Å²) in [7, 11) is 3.94. The molecule has 3 heteroatoms. The van der Waals surface area contributed by atoms with Gasteiger partial charge in [0.05, 0.1) is 7.11 Å². The first kappa shape index (κ1) is 13.4. The van der Waals surface area contributed by atoms with Gasteiger partial charge in [-0.25, -0.2) is 0 Å². The Hall–Kier alpha value is -1.06. The highest BCUT2D eigenvalue weighted by molar-refractivity contribution is 5.28. The highest BCUT2D eigenvalue weighted by atomic mass is 16.5. The van der Waals surface area contributed by atoms with Crippen molar-refractivity contribution in [1.29, 1.82) is 0 Å². The Bertz CT molecular complexity index is 357. The van der Waals surface area contributed by atoms with Crippen molar-refractivity contribution in [3.05, 3.63) is 29.8 Å². The highest BCUT2D eigenvalue weighted by Crippen LogP contribution is 2.24. The number of piperidine rings is 1. The number of likely N-dealkylation sites (N-methyl/N-ethyl adjacent to an activating group) is 1. The van der Waals surface area contributed by atoms with Crippen LogP contribution in [-0.4, -0.2) is 38.2 Å². The Morgan fingerprint density at radius 3 is 2.61 bits per heavy atom. The molecule has 3 nitrogen and oxygen atoms in total. The van der Waals surface area contributed by atoms with Gasteiger partial charge in [-0.15, -0.1) is 0 Å². The van der Waals surface area contributed by atoms with Gasteiger partial charge in [-0.1, -0.05) is 12.1 Å². The SMILES string of the molecule is COc1ccc(C(C)N(C)C2CCCNC2)cc1. The van der Waals surface area contributed by atoms with Gasteiger partial charge in [0.15, 0.2) is 0 Å². The summed E-state index contributed by atoms with van der Waals surface area (Å²) >= 11 is 0. The predicted molar refractivity (Wildman–Crippen MR) is 75.1 cm³/mol. The molecule has 0 aromatic heterocycles. The molecule has 0 aliphatic carbocycles. The number of hydrogen-bond acceptors (Lipinski definition) is 3. The van der Waals surface area contributed by atoms with E-state index >= 15 is 0 Å². The molecule has 100 valence electrons. The number of methoxy groups -OCH3 is 1. The van der Waals surface area contributed by atoms with E-state index in [9.17, 15) is 0 Å². The second kappa shape index (κ2) is 6.21. The van der Waals surface area contributed by atoms with Crippen molar-refractivity contribution in [2.75, 3.05) is 27.2 Å². The first-order valence-corrected chi connectivity index (χ1v) is 6.79. The minimum Gasteiger partial charge on any atom is -0.497 e. The highest BCUT2D eigenvalue weighted by Gasteiger charge is 2.22. The van der Waals surface area contributed by atoms with Crippen LogP contribution in [-0.2, 0) is 0 Å². The van der Waals surface area contributed by atoms with E-state index in [1.54, 1.807) is 7.11 Å². The lowest BCUT2D eigenvalue weighted by molar-refractivity contribution is 0.156. The van der Waals surface area contributed by atoms with Crippen LogP contribution in [0.1, 0.15) is 31.4 Å². The van der Waals surface area contributed by atoms with Crippen LogP contribution in [0.3, 0.4) is 0 Å². The predicted octanol–water partition coefficient (Wildman–Crippen LogP) is 2.44. The van der Waals surface area contributed by atoms with E-state index in [1.807, 2.05) is 12.1 Å². The topological polar surface area (TPSA) is 24.5 Å². The second-order valence-corrected chi connectivity index (χ2v) is 5.11. The summed E-state index contributed by atoms with van der Waals surface area (Å²) in [4.78, 5) is 2.48. The van der Waals surface area contributed by atoms with Crippen molar-refractivity contribution >= 4 is 0 Å². The van der Waals surface area contributed by atoms with Crippen LogP contribution in [0.2, 0.25) is 0 Å². The van der Waals surface area contributed by atoms with Gasteiger partial charge in [0, 0.05) is 18.6 Å². The minimum atomic E-state index is 0.445. The number of rotatable bonds is 4. The molecule has 2 unspecified atom stereocenters. The van der Waals surface area contributed by atoms with Crippen LogP contribution in [0.25, 0.3) is 0 Å². The van der Waals surface area contributed by atoms with Crippen LogP contribution in [0.4, 0.5) is 0 Å². The molecular weight excluding hydrogens is 224 g/mol. The standard InChI is InChI=1S/C15H24N2O/c1-12(13-6-8-15(18-3)9-7-13)17(2)14-5-4-10-16-11-14/h6-9,12,14,16H,4-5,10-11H2,1-3H3. The van der Waals surface area contributed by atoms with Crippen LogP contribution < -0.4 is 10.1 Å². The van der Waals surface area contributed by atoms with E-state index < -0.39 is 0 Å². The number of ether oxygens (including phenoxy) is 1. The van der Waals surface area contributed by atoms with Crippen molar-refractivity contribution in [2.24, 2.45) is 0 Å². The maximum Gasteiger partial charge on any atom is 0.118 e. The molecule has 0 bridgehead atoms. The largest absolute Gasteiger partial charge is 0.497 e. The molecular formula is C15H24N2O. The lowest BCUT2D eigenvalue weighted by atomic mass is 10.0. The van der Waals surface area contributed by atoms with Crippen molar-refractivity contribution in [3.8, 4) is 5.75 Å². The van der Waals surface area contributed by atoms with E-state index in [2.05, 4.69) is 36.3 Å². The van der Waals surface area contributed by atoms with Crippen LogP contribution >= 0.6 is 0 Å². The maximum atomic E-state index is 5.20. The van der Waals surface area contributed by atoms with E-state index in [-0.39, 0.29) is 0 Å². The zero-order valence-electron chi connectivity index (χ0n) is 11.6. The molecule has 0 saturated carbocycles. The molecule has 0 spiro atoms. The van der Waals surface area contributed by atoms with Crippen LogP contribution in [0.15, 0.2) is 24.3 Å². The van der Waals surface area contributed by atoms with Gasteiger partial charge in [0.25, 0.3) is 0 Å². The molecule has 0 amide bonds. The summed E-state index contributed by atoms with van der Waals surface area (Å²) in [5.41, 5.74) is 1.35. The summed E-state index contributed by atoms with van der Waals surface area (Å²) in [5, 5.41) is 3.48. The van der Waals surface area contributed by atoms with Crippen molar-refractivity contribution in [3.63, 3.8) is 0 Å². The molecule has 1 N–H and O–H groups in total. The summed E-state index contributed by atoms with van der Waals surface area (Å²) < 4.78 is 5.20. The third-order valence-electron chi connectivity index (χ3n) is 4.06. The van der Waals surface area contributed by atoms with Gasteiger partial charge < -0.3 is 10.1 Å². The van der Waals surface area contributed by atoms with Crippen LogP contribution in [0.5, 0.6) is 5.75 Å². The molecule has 18 heavy (non-hydrogen) atoms. The summed E-state index contributed by atoms with van der Waals surface area (Å²) in [6.07, 6.45) is 2.58. The Morgan fingerprint density at radius 1 is 1.33 bits per heavy atom. The lowest BCUT2D eigenvalue weighted by Crippen LogP contribution is -2.45. The monoisotopic (exact) mass is 248 g/mol. The lowest BCUT2D eigenvalue weighted by Gasteiger charge is -2.36. The molecule has 1 heterocycles. The fraction of sp³-hybridized carbons (Fsp3) is 0.600. The normalized spacial score (nSPS) is 21.9. The first-order chi connectivity index (χ1) is 8.72. The molecule has 1 aromatic carbocycles. The van der Waals surface area contributed by atoms with Crippen molar-refractivity contribution in [1.82, 2.24) is 10.2 Å². The van der Waals surface area contributed by atoms with Gasteiger partial charge in [0.1, 0.15) is 5.75 Å². The average Bonchev–Trinajstić information content (AvgIpc) is 2.47. The summed E-state index contributed by atoms with van der Waals surface area (Å²) in [5.74, 6) is 0.924. The van der Waals surface area contributed by atoms with Crippen molar-refractivity contribution < 1.29 is 4.74 Å². The minimum absolute atomic E-state index is 0.445. The van der Waals surface area contributed by atoms with E-state index in [0.717, 1.165) is 12.3 Å². The second-order valence-electron chi connectivity index (χ2n) is 5.11. The van der Waals surface area contributed by atoms with Gasteiger partial charge in [-0.2, -0.15) is 0 Å². The molecule has 0 radical (unpaired) electrons. The number of nitrogens with one attached hydrogen (secondary N) is 1. The average molecular weight is 248 g/mol. The Morgan fingerprint density at radius 2 is 2.06 bits per heavy atom. The number of hydrogen-bond donors (Lipinski definition) is 1. The quantitative estimate of drug-likeness (QED) is 0.885. The van der Waals surface area contributed by atoms with Gasteiger partial charge in [0.2, 0.25) is 0 Å². The fourth-order valence-corrected chi connectivity index (χ4v) is 2.61. The first-order valence-electron chi connectivity index (χ1n) is 6.79. The van der Waals surface area contributed by atoms with Crippen LogP contribution in [0, 0.1) is 0 Å². The molecule has 2 rings (SSSR count). The summed E-state index contributed by atoms with van der Waals surface area (Å²) in [6, 6.07) is 9.50. The molecule has 1 fully saturated rings. The Kier molecular flexibility index (Phi) is 4.61. The Labute approximate surface area is 110 Å². The Balaban J connectivity index is 2.01. The van der Waals surface area contributed by atoms with Gasteiger partial charge >= 0.3 is 0 Å². The van der Waals surface area contributed by atoms with Gasteiger partial charge in [-0.3, -0.25) is 4.90 Å². The number of benzene rings is 1. The smallest absolute Gasteiger partial charge is 0.118 e.